The van der Waals surface area contributed by atoms with E-state index in [-0.39, 0.29) is 12.4 Å². The van der Waals surface area contributed by atoms with Crippen LogP contribution in [0.4, 0.5) is 48.7 Å². The van der Waals surface area contributed by atoms with E-state index in [4.69, 9.17) is 0 Å². The number of carbonyl (C=O) groups excluding carboxylic acids is 1. The van der Waals surface area contributed by atoms with Gasteiger partial charge in [0.05, 0.1) is 23.6 Å². The number of amides is 2. The van der Waals surface area contributed by atoms with Gasteiger partial charge in [-0.2, -0.15) is 10.2 Å². The number of halogens is 10. The van der Waals surface area contributed by atoms with Crippen LogP contribution in [0.3, 0.4) is 0 Å². The number of rotatable bonds is 4. The van der Waals surface area contributed by atoms with Gasteiger partial charge < -0.3 is 0 Å². The van der Waals surface area contributed by atoms with E-state index in [0.29, 0.717) is 0 Å². The molecular weight excluding hydrogens is 442 g/mol. The second-order valence-electron chi connectivity index (χ2n) is 5.04. The predicted molar refractivity (Wildman–Crippen MR) is 79.3 cm³/mol. The summed E-state index contributed by atoms with van der Waals surface area (Å²) in [6, 6.07) is -1.49. The Morgan fingerprint density at radius 2 is 0.733 bits per heavy atom. The van der Waals surface area contributed by atoms with Crippen molar-refractivity contribution in [2.45, 2.75) is 0 Å². The van der Waals surface area contributed by atoms with Crippen molar-refractivity contribution in [3.8, 4) is 0 Å². The van der Waals surface area contributed by atoms with E-state index in [1.807, 2.05) is 0 Å². The quantitative estimate of drug-likeness (QED) is 0.243. The van der Waals surface area contributed by atoms with Crippen LogP contribution in [-0.2, 0) is 0 Å². The molecule has 0 heterocycles. The summed E-state index contributed by atoms with van der Waals surface area (Å²) in [5.41, 5.74) is -0.157. The number of carbonyl (C=O) groups is 1. The summed E-state index contributed by atoms with van der Waals surface area (Å²) in [5.74, 6) is -22.9. The fourth-order valence-corrected chi connectivity index (χ4v) is 1.81. The lowest BCUT2D eigenvalue weighted by molar-refractivity contribution is 0.242. The van der Waals surface area contributed by atoms with Gasteiger partial charge >= 0.3 is 6.03 Å². The SMILES string of the molecule is O=C(N/N=C/c1c(F)c(F)c(F)c(F)c1F)N/N=C/c1c(F)c(F)c(F)c(F)c1F. The van der Waals surface area contributed by atoms with Crippen LogP contribution in [0, 0.1) is 58.2 Å². The molecule has 0 aliphatic carbocycles. The highest BCUT2D eigenvalue weighted by Gasteiger charge is 2.25. The lowest BCUT2D eigenvalue weighted by atomic mass is 10.2. The van der Waals surface area contributed by atoms with Gasteiger partial charge in [-0.3, -0.25) is 0 Å². The molecule has 0 radical (unpaired) electrons. The lowest BCUT2D eigenvalue weighted by Gasteiger charge is -2.04. The minimum Gasteiger partial charge on any atom is -0.245 e. The van der Waals surface area contributed by atoms with Crippen LogP contribution >= 0.6 is 0 Å². The van der Waals surface area contributed by atoms with E-state index in [9.17, 15) is 48.7 Å². The van der Waals surface area contributed by atoms with E-state index in [2.05, 4.69) is 10.2 Å². The number of hydrazone groups is 2. The van der Waals surface area contributed by atoms with Crippen LogP contribution in [0.15, 0.2) is 10.2 Å². The molecule has 30 heavy (non-hydrogen) atoms. The van der Waals surface area contributed by atoms with E-state index in [1.165, 1.54) is 10.9 Å². The molecule has 2 aromatic rings. The van der Waals surface area contributed by atoms with Crippen molar-refractivity contribution in [3.63, 3.8) is 0 Å². The van der Waals surface area contributed by atoms with Gasteiger partial charge in [0.2, 0.25) is 11.6 Å². The van der Waals surface area contributed by atoms with Crippen LogP contribution in [0.5, 0.6) is 0 Å². The lowest BCUT2D eigenvalue weighted by Crippen LogP contribution is -2.28. The van der Waals surface area contributed by atoms with Crippen LogP contribution in [-0.4, -0.2) is 18.5 Å². The Kier molecular flexibility index (Phi) is 6.63. The number of nitrogens with one attached hydrogen (secondary N) is 2. The van der Waals surface area contributed by atoms with Crippen LogP contribution in [0.1, 0.15) is 11.1 Å². The molecule has 0 saturated heterocycles. The van der Waals surface area contributed by atoms with Crippen LogP contribution in [0.2, 0.25) is 0 Å². The summed E-state index contributed by atoms with van der Waals surface area (Å²) in [5, 5.41) is 5.72. The Hall–Kier alpha value is -3.65. The van der Waals surface area contributed by atoms with Crippen molar-refractivity contribution < 1.29 is 48.7 Å². The number of nitrogens with zero attached hydrogens (tertiary/aromatic N) is 2. The minimum atomic E-state index is -2.42. The Morgan fingerprint density at radius 1 is 0.500 bits per heavy atom. The summed E-state index contributed by atoms with van der Waals surface area (Å²) in [6.45, 7) is 0. The van der Waals surface area contributed by atoms with E-state index < -0.39 is 75.3 Å². The number of urea groups is 1. The first-order valence-electron chi connectivity index (χ1n) is 7.13. The summed E-state index contributed by atoms with van der Waals surface area (Å²) in [7, 11) is 0. The van der Waals surface area contributed by atoms with Gasteiger partial charge in [-0.15, -0.1) is 0 Å². The van der Waals surface area contributed by atoms with Crippen molar-refractivity contribution in [3.05, 3.63) is 69.3 Å². The first-order valence-corrected chi connectivity index (χ1v) is 7.13. The molecule has 2 amide bonds. The molecule has 160 valence electrons. The zero-order valence-corrected chi connectivity index (χ0v) is 13.7. The van der Waals surface area contributed by atoms with Crippen LogP contribution < -0.4 is 10.9 Å². The van der Waals surface area contributed by atoms with Gasteiger partial charge in [-0.25, -0.2) is 59.6 Å². The second kappa shape index (κ2) is 8.79. The van der Waals surface area contributed by atoms with Crippen molar-refractivity contribution in [2.75, 3.05) is 0 Å². The Morgan fingerprint density at radius 3 is 1.00 bits per heavy atom. The van der Waals surface area contributed by atoms with Crippen LogP contribution in [0.25, 0.3) is 0 Å². The highest BCUT2D eigenvalue weighted by atomic mass is 19.2. The molecule has 2 N–H and O–H groups in total. The molecule has 0 fully saturated rings. The maximum atomic E-state index is 13.4. The summed E-state index contributed by atoms with van der Waals surface area (Å²) >= 11 is 0. The van der Waals surface area contributed by atoms with Gasteiger partial charge in [0.25, 0.3) is 0 Å². The third-order valence-corrected chi connectivity index (χ3v) is 3.21. The maximum absolute atomic E-state index is 13.4. The normalized spacial score (nSPS) is 11.5. The van der Waals surface area contributed by atoms with Gasteiger partial charge in [0, 0.05) is 0 Å². The average molecular weight is 446 g/mol. The zero-order valence-electron chi connectivity index (χ0n) is 13.7. The van der Waals surface area contributed by atoms with E-state index >= 15 is 0 Å². The minimum absolute atomic E-state index is 0.0453. The smallest absolute Gasteiger partial charge is 0.245 e. The van der Waals surface area contributed by atoms with Crippen molar-refractivity contribution in [1.82, 2.24) is 10.9 Å². The molecule has 0 aliphatic heterocycles. The van der Waals surface area contributed by atoms with Gasteiger partial charge in [-0.05, 0) is 0 Å². The molecule has 0 aromatic heterocycles. The molecule has 5 nitrogen and oxygen atoms in total. The topological polar surface area (TPSA) is 65.8 Å². The fourth-order valence-electron chi connectivity index (χ4n) is 1.81. The standard InChI is InChI=1S/C15H4F10N4O/c16-5-3(6(17)10(21)13(24)9(5)20)1-26-28-15(30)29-27-2-4-7(18)11(22)14(25)12(23)8(4)19/h1-2H,(H2,28,29,30)/b26-1+,27-2+. The Bertz CT molecular complexity index is 945. The third kappa shape index (κ3) is 4.18. The summed E-state index contributed by atoms with van der Waals surface area (Å²) < 4.78 is 131. The third-order valence-electron chi connectivity index (χ3n) is 3.21. The van der Waals surface area contributed by atoms with Crippen molar-refractivity contribution in [2.24, 2.45) is 10.2 Å². The highest BCUT2D eigenvalue weighted by Crippen LogP contribution is 2.22. The largest absolute Gasteiger partial charge is 0.355 e. The zero-order chi connectivity index (χ0) is 22.7. The predicted octanol–water partition coefficient (Wildman–Crippen LogP) is 3.74. The molecule has 0 bridgehead atoms. The number of hydrogen-bond donors (Lipinski definition) is 2. The molecule has 15 heteroatoms. The Balaban J connectivity index is 2.11. The van der Waals surface area contributed by atoms with Crippen molar-refractivity contribution in [1.29, 1.82) is 0 Å². The van der Waals surface area contributed by atoms with Gasteiger partial charge in [0.15, 0.2) is 46.5 Å². The highest BCUT2D eigenvalue weighted by molar-refractivity contribution is 5.84. The number of hydrogen-bond acceptors (Lipinski definition) is 3. The maximum Gasteiger partial charge on any atom is 0.355 e. The monoisotopic (exact) mass is 446 g/mol. The van der Waals surface area contributed by atoms with E-state index in [0.717, 1.165) is 0 Å². The molecule has 0 saturated carbocycles. The summed E-state index contributed by atoms with van der Waals surface area (Å²) in [4.78, 5) is 11.3. The molecule has 0 atom stereocenters. The molecule has 0 unspecified atom stereocenters. The summed E-state index contributed by atoms with van der Waals surface area (Å²) in [6.07, 6.45) is 0.0905. The van der Waals surface area contributed by atoms with Crippen molar-refractivity contribution >= 4 is 18.5 Å². The second-order valence-corrected chi connectivity index (χ2v) is 5.04. The Labute approximate surface area is 158 Å². The molecule has 0 spiro atoms. The fraction of sp³-hybridized carbons (Fsp3) is 0. The van der Waals surface area contributed by atoms with E-state index in [1.54, 1.807) is 0 Å². The first kappa shape index (κ1) is 22.6. The molecule has 2 rings (SSSR count). The number of benzene rings is 2. The van der Waals surface area contributed by atoms with Gasteiger partial charge in [0.1, 0.15) is 0 Å². The molecular formula is C15H4F10N4O. The molecule has 2 aromatic carbocycles. The van der Waals surface area contributed by atoms with Gasteiger partial charge in [-0.1, -0.05) is 0 Å². The molecule has 0 aliphatic rings. The first-order chi connectivity index (χ1) is 14.0. The average Bonchev–Trinajstić information content (AvgIpc) is 2.72.